The van der Waals surface area contributed by atoms with Crippen LogP contribution in [0.3, 0.4) is 0 Å². The van der Waals surface area contributed by atoms with Crippen LogP contribution in [-0.2, 0) is 16.8 Å². The highest BCUT2D eigenvalue weighted by atomic mass is 32.2. The van der Waals surface area contributed by atoms with Gasteiger partial charge in [-0.15, -0.1) is 0 Å². The smallest absolute Gasteiger partial charge is 0.282 e. The maximum absolute atomic E-state index is 12.7. The van der Waals surface area contributed by atoms with Gasteiger partial charge >= 0.3 is 0 Å². The predicted octanol–water partition coefficient (Wildman–Crippen LogP) is 0.948. The molecule has 0 bridgehead atoms. The number of furan rings is 1. The van der Waals surface area contributed by atoms with Crippen LogP contribution in [0.5, 0.6) is 0 Å². The molecule has 6 nitrogen and oxygen atoms in total. The molecular formula is C13H23N3O3S. The van der Waals surface area contributed by atoms with E-state index in [4.69, 9.17) is 4.42 Å². The van der Waals surface area contributed by atoms with E-state index in [1.807, 2.05) is 32.9 Å². The molecule has 114 valence electrons. The van der Waals surface area contributed by atoms with Crippen LogP contribution in [0.4, 0.5) is 0 Å². The second-order valence-electron chi connectivity index (χ2n) is 5.31. The third-order valence-corrected chi connectivity index (χ3v) is 5.54. The lowest BCUT2D eigenvalue weighted by Gasteiger charge is -2.34. The minimum atomic E-state index is -3.45. The van der Waals surface area contributed by atoms with E-state index < -0.39 is 10.2 Å². The zero-order valence-electron chi connectivity index (χ0n) is 12.3. The van der Waals surface area contributed by atoms with Gasteiger partial charge < -0.3 is 9.73 Å². The van der Waals surface area contributed by atoms with E-state index in [0.717, 1.165) is 5.76 Å². The van der Waals surface area contributed by atoms with Gasteiger partial charge in [0, 0.05) is 32.2 Å². The summed E-state index contributed by atoms with van der Waals surface area (Å²) >= 11 is 0. The summed E-state index contributed by atoms with van der Waals surface area (Å²) in [7, 11) is -3.45. The summed E-state index contributed by atoms with van der Waals surface area (Å²) in [4.78, 5) is 0. The fraction of sp³-hybridized carbons (Fsp3) is 0.692. The van der Waals surface area contributed by atoms with Crippen molar-refractivity contribution in [2.24, 2.45) is 0 Å². The van der Waals surface area contributed by atoms with Gasteiger partial charge in [0.15, 0.2) is 0 Å². The SMILES string of the molecule is Cc1ccc(CN(C(C)C)S(=O)(=O)N2CCNCC2)o1. The van der Waals surface area contributed by atoms with E-state index in [2.05, 4.69) is 5.32 Å². The lowest BCUT2D eigenvalue weighted by molar-refractivity contribution is 0.268. The molecule has 1 N–H and O–H groups in total. The summed E-state index contributed by atoms with van der Waals surface area (Å²) in [6.45, 7) is 8.33. The van der Waals surface area contributed by atoms with Gasteiger partial charge in [-0.25, -0.2) is 0 Å². The lowest BCUT2D eigenvalue weighted by Crippen LogP contribution is -2.53. The van der Waals surface area contributed by atoms with Gasteiger partial charge in [-0.05, 0) is 32.9 Å². The molecule has 1 aromatic heterocycles. The fourth-order valence-electron chi connectivity index (χ4n) is 2.28. The molecule has 1 aliphatic rings. The van der Waals surface area contributed by atoms with E-state index in [-0.39, 0.29) is 12.6 Å². The Morgan fingerprint density at radius 2 is 2.00 bits per heavy atom. The number of hydrogen-bond acceptors (Lipinski definition) is 4. The molecule has 1 aromatic rings. The van der Waals surface area contributed by atoms with E-state index >= 15 is 0 Å². The van der Waals surface area contributed by atoms with Crippen molar-refractivity contribution in [3.63, 3.8) is 0 Å². The molecule has 0 aliphatic carbocycles. The Labute approximate surface area is 120 Å². The highest BCUT2D eigenvalue weighted by molar-refractivity contribution is 7.86. The van der Waals surface area contributed by atoms with Gasteiger partial charge in [0.2, 0.25) is 0 Å². The van der Waals surface area contributed by atoms with Crippen LogP contribution in [0.1, 0.15) is 25.4 Å². The van der Waals surface area contributed by atoms with Gasteiger partial charge in [0.05, 0.1) is 6.54 Å². The van der Waals surface area contributed by atoms with Gasteiger partial charge in [0.1, 0.15) is 11.5 Å². The highest BCUT2D eigenvalue weighted by Crippen LogP contribution is 2.18. The third kappa shape index (κ3) is 3.41. The Hall–Kier alpha value is -0.890. The maximum atomic E-state index is 12.7. The summed E-state index contributed by atoms with van der Waals surface area (Å²) in [5, 5.41) is 3.16. The number of hydrogen-bond donors (Lipinski definition) is 1. The van der Waals surface area contributed by atoms with Crippen molar-refractivity contribution >= 4 is 10.2 Å². The van der Waals surface area contributed by atoms with E-state index in [1.165, 1.54) is 4.31 Å². The predicted molar refractivity (Wildman–Crippen MR) is 77.5 cm³/mol. The van der Waals surface area contributed by atoms with Gasteiger partial charge in [0.25, 0.3) is 10.2 Å². The van der Waals surface area contributed by atoms with Gasteiger partial charge in [-0.2, -0.15) is 17.0 Å². The summed E-state index contributed by atoms with van der Waals surface area (Å²) in [5.74, 6) is 1.47. The van der Waals surface area contributed by atoms with E-state index in [1.54, 1.807) is 4.31 Å². The molecule has 1 fully saturated rings. The topological polar surface area (TPSA) is 65.8 Å². The molecule has 2 heterocycles. The number of piperazine rings is 1. The molecule has 0 saturated carbocycles. The van der Waals surface area contributed by atoms with Crippen LogP contribution >= 0.6 is 0 Å². The zero-order chi connectivity index (χ0) is 14.8. The molecule has 2 rings (SSSR count). The van der Waals surface area contributed by atoms with Gasteiger partial charge in [-0.1, -0.05) is 0 Å². The second kappa shape index (κ2) is 6.26. The lowest BCUT2D eigenvalue weighted by atomic mass is 10.3. The van der Waals surface area contributed by atoms with Gasteiger partial charge in [-0.3, -0.25) is 0 Å². The van der Waals surface area contributed by atoms with E-state index in [0.29, 0.717) is 31.9 Å². The maximum Gasteiger partial charge on any atom is 0.282 e. The summed E-state index contributed by atoms with van der Waals surface area (Å²) < 4.78 is 34.0. The number of aryl methyl sites for hydroxylation is 1. The van der Waals surface area contributed by atoms with Crippen molar-refractivity contribution in [3.05, 3.63) is 23.7 Å². The first-order valence-corrected chi connectivity index (χ1v) is 8.34. The average Bonchev–Trinajstić information content (AvgIpc) is 2.82. The van der Waals surface area contributed by atoms with Crippen molar-refractivity contribution in [1.29, 1.82) is 0 Å². The van der Waals surface area contributed by atoms with E-state index in [9.17, 15) is 8.42 Å². The fourth-order valence-corrected chi connectivity index (χ4v) is 4.04. The highest BCUT2D eigenvalue weighted by Gasteiger charge is 2.32. The molecule has 0 radical (unpaired) electrons. The quantitative estimate of drug-likeness (QED) is 0.879. The van der Waals surface area contributed by atoms with Crippen LogP contribution in [0.15, 0.2) is 16.5 Å². The molecule has 0 atom stereocenters. The molecule has 7 heteroatoms. The van der Waals surface area contributed by atoms with Crippen LogP contribution < -0.4 is 5.32 Å². The first kappa shape index (κ1) is 15.5. The number of nitrogens with zero attached hydrogens (tertiary/aromatic N) is 2. The molecule has 0 amide bonds. The molecule has 1 saturated heterocycles. The summed E-state index contributed by atoms with van der Waals surface area (Å²) in [6.07, 6.45) is 0. The van der Waals surface area contributed by atoms with Crippen molar-refractivity contribution in [3.8, 4) is 0 Å². The standard InChI is InChI=1S/C13H23N3O3S/c1-11(2)16(10-13-5-4-12(3)19-13)20(17,18)15-8-6-14-7-9-15/h4-5,11,14H,6-10H2,1-3H3. The third-order valence-electron chi connectivity index (χ3n) is 3.38. The molecule has 20 heavy (non-hydrogen) atoms. The van der Waals surface area contributed by atoms with Crippen LogP contribution in [0.25, 0.3) is 0 Å². The van der Waals surface area contributed by atoms with Crippen LogP contribution in [0.2, 0.25) is 0 Å². The number of nitrogens with one attached hydrogen (secondary N) is 1. The second-order valence-corrected chi connectivity index (χ2v) is 7.19. The monoisotopic (exact) mass is 301 g/mol. The Morgan fingerprint density at radius 3 is 2.50 bits per heavy atom. The molecular weight excluding hydrogens is 278 g/mol. The Morgan fingerprint density at radius 1 is 1.35 bits per heavy atom. The van der Waals surface area contributed by atoms with Crippen molar-refractivity contribution < 1.29 is 12.8 Å². The minimum absolute atomic E-state index is 0.111. The molecule has 0 aromatic carbocycles. The van der Waals surface area contributed by atoms with Crippen molar-refractivity contribution in [1.82, 2.24) is 13.9 Å². The molecule has 1 aliphatic heterocycles. The Bertz CT molecular complexity index is 533. The summed E-state index contributed by atoms with van der Waals surface area (Å²) in [6, 6.07) is 3.57. The Kier molecular flexibility index (Phi) is 4.85. The average molecular weight is 301 g/mol. The Balaban J connectivity index is 2.18. The number of rotatable bonds is 5. The first-order valence-electron chi connectivity index (χ1n) is 6.94. The summed E-state index contributed by atoms with van der Waals surface area (Å²) in [5.41, 5.74) is 0. The van der Waals surface area contributed by atoms with Crippen molar-refractivity contribution in [2.75, 3.05) is 26.2 Å². The first-order chi connectivity index (χ1) is 9.41. The minimum Gasteiger partial charge on any atom is -0.465 e. The largest absolute Gasteiger partial charge is 0.465 e. The normalized spacial score (nSPS) is 18.1. The van der Waals surface area contributed by atoms with Crippen LogP contribution in [-0.4, -0.2) is 49.2 Å². The van der Waals surface area contributed by atoms with Crippen LogP contribution in [0, 0.1) is 6.92 Å². The van der Waals surface area contributed by atoms with Crippen molar-refractivity contribution in [2.45, 2.75) is 33.4 Å². The molecule has 0 unspecified atom stereocenters. The zero-order valence-corrected chi connectivity index (χ0v) is 13.1. The molecule has 0 spiro atoms.